The number of hydrogen-bond donors (Lipinski definition) is 3. The molecule has 23 rings (SSSR count). The van der Waals surface area contributed by atoms with Crippen LogP contribution in [0.2, 0.25) is 0 Å². The van der Waals surface area contributed by atoms with Crippen molar-refractivity contribution < 1.29 is 149 Å². The van der Waals surface area contributed by atoms with E-state index in [0.717, 1.165) is 120 Å². The van der Waals surface area contributed by atoms with Crippen LogP contribution in [0.1, 0.15) is 412 Å². The zero-order valence-electron chi connectivity index (χ0n) is 92.4. The summed E-state index contributed by atoms with van der Waals surface area (Å²) in [5.74, 6) is 1.46. The molecule has 6 heterocycles. The van der Waals surface area contributed by atoms with Gasteiger partial charge in [-0.1, -0.05) is 55.4 Å². The average Bonchev–Trinajstić information content (AvgIpc) is 0.772. The predicted octanol–water partition coefficient (Wildman–Crippen LogP) is 18.6. The van der Waals surface area contributed by atoms with E-state index in [1.807, 2.05) is 104 Å². The Kier molecular flexibility index (Phi) is 33.6. The van der Waals surface area contributed by atoms with Crippen LogP contribution in [0.25, 0.3) is 0 Å². The lowest BCUT2D eigenvalue weighted by atomic mass is 9.50. The van der Waals surface area contributed by atoms with Crippen LogP contribution in [-0.2, 0) is 133 Å². The molecule has 17 aliphatic carbocycles. The fourth-order valence-electron chi connectivity index (χ4n) is 27.1. The van der Waals surface area contributed by atoms with Gasteiger partial charge in [-0.15, -0.1) is 0 Å². The van der Waals surface area contributed by atoms with Crippen molar-refractivity contribution in [2.75, 3.05) is 13.2 Å². The van der Waals surface area contributed by atoms with Gasteiger partial charge in [-0.3, -0.25) is 33.6 Å². The Morgan fingerprint density at radius 1 is 0.319 bits per heavy atom. The quantitative estimate of drug-likeness (QED) is 0.0535. The van der Waals surface area contributed by atoms with E-state index in [0.29, 0.717) is 74.0 Å². The highest BCUT2D eigenvalue weighted by atomic mass is 16.9. The largest absolute Gasteiger partial charge is 0.459 e. The first-order chi connectivity index (χ1) is 66.6. The van der Waals surface area contributed by atoms with Gasteiger partial charge >= 0.3 is 65.7 Å². The smallest absolute Gasteiger partial charge is 0.350 e. The Bertz CT molecular complexity index is 4370. The van der Waals surface area contributed by atoms with E-state index in [2.05, 4.69) is 34.6 Å². The second-order valence-corrected chi connectivity index (χ2v) is 53.3. The molecule has 144 heavy (non-hydrogen) atoms. The van der Waals surface area contributed by atoms with Crippen molar-refractivity contribution in [3.63, 3.8) is 0 Å². The number of ether oxygens (including phenoxy) is 17. The number of rotatable bonds is 26. The number of fused-ring (bicyclic) bond motifs is 6. The Morgan fingerprint density at radius 3 is 0.917 bits per heavy atom. The van der Waals surface area contributed by atoms with Gasteiger partial charge in [0, 0.05) is 25.7 Å². The normalized spacial score (nSPS) is 38.7. The second-order valence-electron chi connectivity index (χ2n) is 53.3. The monoisotopic (exact) mass is 2030 g/mol. The molecule has 14 atom stereocenters. The number of hydrogen-bond acceptors (Lipinski definition) is 31. The third-order valence-electron chi connectivity index (χ3n) is 38.0. The first-order valence-electron chi connectivity index (χ1n) is 55.1. The highest BCUT2D eigenvalue weighted by Gasteiger charge is 2.70. The third kappa shape index (κ3) is 24.9. The van der Waals surface area contributed by atoms with Gasteiger partial charge in [0.2, 0.25) is 12.2 Å². The lowest BCUT2D eigenvalue weighted by molar-refractivity contribution is -0.264. The standard InChI is InChI=1S/2C17H24O9.2C17H28O2.C16H26O4.C16H26O3.C13H24O2/c2*1-6-16(2,3)15(20)21-7-8(18)22-11-9-10(23-13(11)19)12-14(24-9)26-17(4,5)25-12;2*1-5-16(2,3)15(18)19-17(4)13-7-11-6-12(9-13)10-14(17)8-11;1-4-13(2,3)12(17)20-16-7-11-5-14(18,9-16)8-15(19,6-11)10-16;1-4-14(2,3)13(17)19-16-8-11-5-12(9-16)7-15(18,6-11)10-16;1-5-12(3,4)11(14)15-13(6-2)9-7-8-10-13/h2*9-12,14H,6-7H2,1-5H3;2*11-14H,5-10H2,1-4H3;11,18-19H,4-10H2,1-3H3;11-12,18H,4-10H2,1-3H3;5-10H2,1-4H3. The van der Waals surface area contributed by atoms with Crippen molar-refractivity contribution in [1.82, 2.24) is 0 Å². The Balaban J connectivity index is 0.000000142. The van der Waals surface area contributed by atoms with Crippen molar-refractivity contribution in [2.24, 2.45) is 103 Å². The van der Waals surface area contributed by atoms with E-state index in [1.54, 1.807) is 55.4 Å². The second kappa shape index (κ2) is 42.1. The molecule has 0 amide bonds. The molecule has 14 unspecified atom stereocenters. The summed E-state index contributed by atoms with van der Waals surface area (Å²) >= 11 is 0. The molecule has 0 aromatic rings. The van der Waals surface area contributed by atoms with Gasteiger partial charge in [-0.2, -0.15) is 0 Å². The van der Waals surface area contributed by atoms with E-state index in [1.165, 1.54) is 83.5 Å². The molecule has 0 aromatic carbocycles. The molecular formula is C113H180O31. The number of carbonyl (C=O) groups excluding carboxylic acids is 11. The minimum absolute atomic E-state index is 0.0185. The summed E-state index contributed by atoms with van der Waals surface area (Å²) in [6, 6.07) is 0. The zero-order chi connectivity index (χ0) is 106. The maximum absolute atomic E-state index is 12.5. The van der Waals surface area contributed by atoms with Gasteiger partial charge in [0.05, 0.1) is 54.7 Å². The minimum atomic E-state index is -1.24. The van der Waals surface area contributed by atoms with Crippen molar-refractivity contribution >= 4 is 65.7 Å². The molecule has 818 valence electrons. The van der Waals surface area contributed by atoms with Crippen LogP contribution >= 0.6 is 0 Å². The van der Waals surface area contributed by atoms with E-state index in [9.17, 15) is 68.1 Å². The van der Waals surface area contributed by atoms with Crippen molar-refractivity contribution in [1.29, 1.82) is 0 Å². The summed E-state index contributed by atoms with van der Waals surface area (Å²) in [5, 5.41) is 32.0. The molecule has 17 saturated carbocycles. The SMILES string of the molecule is CCC(C)(C)C(=O)OC1(C)C2CC3CC(C2)CC1C3.CCC(C)(C)C(=O)OC1(C)C2CC3CC(C2)CC1C3.CCC(C)(C)C(=O)OC12CC3CC(CC(O)(C3)C1)C2.CCC(C)(C)C(=O)OC12CC3CC(O)(CC(O)(C3)C1)C2.CCC(C)(C)C(=O)OCC(=O)OC1C(=O)OC2C3OC(C)(C)OC3OC12.CCC(C)(C)C(=O)OCC(=O)OC1C(=O)OC2C3OC(C)(C)OC3OC12.CCC1(OC(=O)C(C)(C)CC)CCCC1. The minimum Gasteiger partial charge on any atom is -0.459 e. The van der Waals surface area contributed by atoms with Gasteiger partial charge in [0.15, 0.2) is 61.8 Å². The van der Waals surface area contributed by atoms with Crippen LogP contribution in [0.15, 0.2) is 0 Å². The first kappa shape index (κ1) is 115. The van der Waals surface area contributed by atoms with Gasteiger partial charge in [0.25, 0.3) is 0 Å². The van der Waals surface area contributed by atoms with E-state index >= 15 is 0 Å². The summed E-state index contributed by atoms with van der Waals surface area (Å²) in [4.78, 5) is 134. The summed E-state index contributed by atoms with van der Waals surface area (Å²) in [7, 11) is 0. The molecule has 31 heteroatoms. The Hall–Kier alpha value is -6.19. The topological polar surface area (TPSA) is 405 Å². The molecule has 0 spiro atoms. The van der Waals surface area contributed by atoms with Crippen LogP contribution in [-0.4, -0.2) is 212 Å². The van der Waals surface area contributed by atoms with Crippen LogP contribution in [0, 0.1) is 103 Å². The molecule has 16 bridgehead atoms. The molecule has 31 nitrogen and oxygen atoms in total. The maximum Gasteiger partial charge on any atom is 0.350 e. The van der Waals surface area contributed by atoms with Crippen LogP contribution in [0.5, 0.6) is 0 Å². The third-order valence-corrected chi connectivity index (χ3v) is 38.0. The molecule has 3 N–H and O–H groups in total. The maximum atomic E-state index is 12.5. The van der Waals surface area contributed by atoms with E-state index < -0.39 is 166 Å². The fraction of sp³-hybridized carbons (Fsp3) is 0.903. The van der Waals surface area contributed by atoms with E-state index in [-0.39, 0.29) is 74.4 Å². The molecule has 23 fully saturated rings. The molecule has 23 aliphatic rings. The van der Waals surface area contributed by atoms with Crippen LogP contribution < -0.4 is 0 Å². The van der Waals surface area contributed by atoms with Crippen molar-refractivity contribution in [2.45, 2.75) is 530 Å². The highest BCUT2D eigenvalue weighted by Crippen LogP contribution is 2.65. The predicted molar refractivity (Wildman–Crippen MR) is 526 cm³/mol. The number of esters is 11. The summed E-state index contributed by atoms with van der Waals surface area (Å²) in [5.41, 5.74) is -7.04. The van der Waals surface area contributed by atoms with Crippen molar-refractivity contribution in [3.8, 4) is 0 Å². The summed E-state index contributed by atoms with van der Waals surface area (Å²) in [6.07, 6.45) is 25.1. The Labute approximate surface area is 856 Å². The molecule has 0 radical (unpaired) electrons. The fourth-order valence-corrected chi connectivity index (χ4v) is 27.1. The van der Waals surface area contributed by atoms with Gasteiger partial charge in [-0.05, 0) is 396 Å². The lowest BCUT2D eigenvalue weighted by Crippen LogP contribution is -2.67. The van der Waals surface area contributed by atoms with Crippen molar-refractivity contribution in [3.05, 3.63) is 0 Å². The van der Waals surface area contributed by atoms with E-state index in [4.69, 9.17) is 80.5 Å². The number of carbonyl (C=O) groups is 11. The lowest BCUT2D eigenvalue weighted by Gasteiger charge is -2.62. The molecule has 0 aromatic heterocycles. The first-order valence-corrected chi connectivity index (χ1v) is 55.1. The molecule has 6 aliphatic heterocycles. The summed E-state index contributed by atoms with van der Waals surface area (Å²) < 4.78 is 94.4. The van der Waals surface area contributed by atoms with Crippen LogP contribution in [0.4, 0.5) is 0 Å². The van der Waals surface area contributed by atoms with Gasteiger partial charge in [0.1, 0.15) is 40.2 Å². The number of aliphatic hydroxyl groups is 3. The Morgan fingerprint density at radius 2 is 0.604 bits per heavy atom. The average molecular weight is 2030 g/mol. The zero-order valence-corrected chi connectivity index (χ0v) is 92.4. The highest BCUT2D eigenvalue weighted by molar-refractivity contribution is 5.86. The van der Waals surface area contributed by atoms with Gasteiger partial charge < -0.3 is 95.8 Å². The molecular weight excluding hydrogens is 1850 g/mol. The van der Waals surface area contributed by atoms with Crippen LogP contribution in [0.3, 0.4) is 0 Å². The molecule has 6 saturated heterocycles. The van der Waals surface area contributed by atoms with Gasteiger partial charge in [-0.25, -0.2) is 19.2 Å². The summed E-state index contributed by atoms with van der Waals surface area (Å²) in [6.45, 7) is 52.7.